The molecule has 6 rings (SSSR count). The zero-order chi connectivity index (χ0) is 31.0. The molecule has 0 radical (unpaired) electrons. The van der Waals surface area contributed by atoms with Crippen molar-refractivity contribution in [2.75, 3.05) is 39.8 Å². The number of fused-ring (bicyclic) bond motifs is 5. The van der Waals surface area contributed by atoms with Crippen molar-refractivity contribution in [3.05, 3.63) is 58.7 Å². The van der Waals surface area contributed by atoms with Crippen molar-refractivity contribution in [2.45, 2.75) is 57.4 Å². The number of nitrogens with zero attached hydrogens (tertiary/aromatic N) is 3. The molecule has 2 aliphatic heterocycles. The summed E-state index contributed by atoms with van der Waals surface area (Å²) >= 11 is 0. The average Bonchev–Trinajstić information content (AvgIpc) is 3.23. The lowest BCUT2D eigenvalue weighted by Gasteiger charge is -2.32. The summed E-state index contributed by atoms with van der Waals surface area (Å²) in [6.07, 6.45) is 8.71. The second-order valence-electron chi connectivity index (χ2n) is 12.2. The third kappa shape index (κ3) is 6.06. The number of carbonyl (C=O) groups is 2. The number of carboxylic acid groups (broad SMARTS) is 1. The van der Waals surface area contributed by atoms with Crippen molar-refractivity contribution in [1.82, 2.24) is 13.8 Å². The smallest absolute Gasteiger partial charge is 0.335 e. The number of nitrogens with two attached hydrogens (primary N) is 1. The molecule has 1 aliphatic carbocycles. The van der Waals surface area contributed by atoms with Gasteiger partial charge in [0.05, 0.1) is 24.9 Å². The van der Waals surface area contributed by atoms with E-state index < -0.39 is 16.2 Å². The zero-order valence-corrected chi connectivity index (χ0v) is 25.9. The number of aromatic carboxylic acids is 1. The van der Waals surface area contributed by atoms with Gasteiger partial charge in [-0.2, -0.15) is 12.7 Å². The van der Waals surface area contributed by atoms with E-state index in [0.29, 0.717) is 69.4 Å². The molecule has 3 aromatic rings. The number of ether oxygens (including phenoxy) is 1. The Balaban J connectivity index is 1.34. The summed E-state index contributed by atoms with van der Waals surface area (Å²) in [6.45, 7) is 2.89. The predicted molar refractivity (Wildman–Crippen MR) is 170 cm³/mol. The average molecular weight is 621 g/mol. The summed E-state index contributed by atoms with van der Waals surface area (Å²) in [7, 11) is -2.05. The van der Waals surface area contributed by atoms with E-state index in [-0.39, 0.29) is 11.3 Å². The minimum absolute atomic E-state index is 0.0465. The maximum atomic E-state index is 13.8. The van der Waals surface area contributed by atoms with Gasteiger partial charge in [0.15, 0.2) is 5.78 Å². The summed E-state index contributed by atoms with van der Waals surface area (Å²) in [5.41, 5.74) is 6.01. The molecule has 0 unspecified atom stereocenters. The number of aromatic nitrogens is 1. The first-order valence-corrected chi connectivity index (χ1v) is 17.0. The highest BCUT2D eigenvalue weighted by atomic mass is 32.2. The number of carbonyl (C=O) groups excluding carboxylic acids is 1. The molecule has 2 fully saturated rings. The van der Waals surface area contributed by atoms with Crippen LogP contribution in [0, 0.1) is 0 Å². The van der Waals surface area contributed by atoms with Gasteiger partial charge in [-0.05, 0) is 79.3 Å². The van der Waals surface area contributed by atoms with Gasteiger partial charge in [0.2, 0.25) is 0 Å². The van der Waals surface area contributed by atoms with Crippen molar-refractivity contribution < 1.29 is 27.9 Å². The number of allylic oxidation sites excluding steroid dienone is 1. The Bertz CT molecular complexity index is 1730. The number of piperazine rings is 1. The molecular formula is C33H40N4O6S. The third-order valence-corrected chi connectivity index (χ3v) is 10.5. The maximum Gasteiger partial charge on any atom is 0.335 e. The summed E-state index contributed by atoms with van der Waals surface area (Å²) in [6, 6.07) is 11.4. The van der Waals surface area contributed by atoms with Gasteiger partial charge in [0, 0.05) is 54.6 Å². The Hall–Kier alpha value is -3.51. The second-order valence-corrected chi connectivity index (χ2v) is 13.7. The molecule has 3 N–H and O–H groups in total. The fourth-order valence-electron chi connectivity index (χ4n) is 7.18. The fourth-order valence-corrected chi connectivity index (χ4v) is 7.85. The Labute approximate surface area is 258 Å². The van der Waals surface area contributed by atoms with Gasteiger partial charge in [0.25, 0.3) is 10.2 Å². The molecule has 0 bridgehead atoms. The van der Waals surface area contributed by atoms with Crippen LogP contribution in [0.3, 0.4) is 0 Å². The number of carboxylic acids is 1. The van der Waals surface area contributed by atoms with Gasteiger partial charge in [-0.3, -0.25) is 4.79 Å². The highest BCUT2D eigenvalue weighted by Gasteiger charge is 2.31. The highest BCUT2D eigenvalue weighted by Crippen LogP contribution is 2.47. The second kappa shape index (κ2) is 12.5. The molecule has 0 amide bonds. The number of ketones is 1. The summed E-state index contributed by atoms with van der Waals surface area (Å²) < 4.78 is 32.3. The number of methoxy groups -OCH3 is 1. The van der Waals surface area contributed by atoms with Gasteiger partial charge in [-0.25, -0.2) is 9.93 Å². The molecule has 3 aliphatic rings. The summed E-state index contributed by atoms with van der Waals surface area (Å²) in [5.74, 6) is 0.143. The quantitative estimate of drug-likeness (QED) is 0.356. The first-order chi connectivity index (χ1) is 21.1. The van der Waals surface area contributed by atoms with E-state index in [1.807, 2.05) is 24.3 Å². The van der Waals surface area contributed by atoms with Crippen LogP contribution in [0.15, 0.2) is 42.0 Å². The lowest BCUT2D eigenvalue weighted by Crippen LogP contribution is -2.50. The van der Waals surface area contributed by atoms with E-state index in [2.05, 4.69) is 15.5 Å². The number of Topliss-reactive ketones (excluding diaryl/α,β-unsaturated/α-hetero) is 1. The fraction of sp³-hybridized carbons (Fsp3) is 0.455. The molecule has 2 aromatic carbocycles. The minimum atomic E-state index is -3.68. The molecule has 44 heavy (non-hydrogen) atoms. The van der Waals surface area contributed by atoms with Crippen molar-refractivity contribution in [3.8, 4) is 17.0 Å². The van der Waals surface area contributed by atoms with Crippen LogP contribution >= 0.6 is 0 Å². The first-order valence-electron chi connectivity index (χ1n) is 15.5. The Kier molecular flexibility index (Phi) is 8.65. The summed E-state index contributed by atoms with van der Waals surface area (Å²) in [4.78, 5) is 28.0. The van der Waals surface area contributed by atoms with E-state index in [4.69, 9.17) is 9.88 Å². The van der Waals surface area contributed by atoms with Crippen molar-refractivity contribution in [1.29, 1.82) is 0 Å². The minimum Gasteiger partial charge on any atom is -0.497 e. The SMILES string of the molecule is COc1ccc2c(c1)C=C(C(=O)CCCN1CCN(S(N)(=O)=O)CC1)Cn1c-2c(C2CCCCC2)c2ccc(C(=O)O)cc21. The number of benzene rings is 2. The van der Waals surface area contributed by atoms with Crippen LogP contribution in [0.1, 0.15) is 72.3 Å². The van der Waals surface area contributed by atoms with Crippen LogP contribution in [0.25, 0.3) is 28.2 Å². The molecule has 0 atom stereocenters. The molecule has 1 aromatic heterocycles. The summed E-state index contributed by atoms with van der Waals surface area (Å²) in [5, 5.41) is 16.2. The molecule has 10 nitrogen and oxygen atoms in total. The van der Waals surface area contributed by atoms with Crippen LogP contribution in [0.4, 0.5) is 0 Å². The molecule has 1 saturated heterocycles. The molecule has 11 heteroatoms. The highest BCUT2D eigenvalue weighted by molar-refractivity contribution is 7.86. The van der Waals surface area contributed by atoms with Crippen LogP contribution in [0.5, 0.6) is 5.75 Å². The Morgan fingerprint density at radius 3 is 2.45 bits per heavy atom. The predicted octanol–water partition coefficient (Wildman–Crippen LogP) is 4.63. The lowest BCUT2D eigenvalue weighted by atomic mass is 9.81. The molecule has 1 saturated carbocycles. The van der Waals surface area contributed by atoms with E-state index in [0.717, 1.165) is 40.6 Å². The van der Waals surface area contributed by atoms with Crippen LogP contribution < -0.4 is 9.88 Å². The normalized spacial score (nSPS) is 18.4. The van der Waals surface area contributed by atoms with Gasteiger partial charge in [0.1, 0.15) is 5.75 Å². The number of hydrogen-bond acceptors (Lipinski definition) is 6. The maximum absolute atomic E-state index is 13.8. The van der Waals surface area contributed by atoms with Crippen molar-refractivity contribution in [3.63, 3.8) is 0 Å². The van der Waals surface area contributed by atoms with Crippen LogP contribution in [-0.2, 0) is 21.5 Å². The first kappa shape index (κ1) is 30.5. The number of hydrogen-bond donors (Lipinski definition) is 2. The molecule has 3 heterocycles. The van der Waals surface area contributed by atoms with Gasteiger partial charge in [-0.15, -0.1) is 0 Å². The van der Waals surface area contributed by atoms with Crippen molar-refractivity contribution >= 4 is 38.9 Å². The van der Waals surface area contributed by atoms with Gasteiger partial charge >= 0.3 is 5.97 Å². The Morgan fingerprint density at radius 2 is 1.77 bits per heavy atom. The molecular weight excluding hydrogens is 580 g/mol. The largest absolute Gasteiger partial charge is 0.497 e. The van der Waals surface area contributed by atoms with Gasteiger partial charge in [-0.1, -0.05) is 25.3 Å². The molecule has 0 spiro atoms. The lowest BCUT2D eigenvalue weighted by molar-refractivity contribution is -0.115. The van der Waals surface area contributed by atoms with E-state index in [1.54, 1.807) is 19.2 Å². The van der Waals surface area contributed by atoms with E-state index >= 15 is 0 Å². The zero-order valence-electron chi connectivity index (χ0n) is 25.1. The van der Waals surface area contributed by atoms with Crippen LogP contribution in [-0.4, -0.2) is 78.9 Å². The topological polar surface area (TPSA) is 135 Å². The third-order valence-electron chi connectivity index (χ3n) is 9.46. The van der Waals surface area contributed by atoms with Crippen LogP contribution in [0.2, 0.25) is 0 Å². The van der Waals surface area contributed by atoms with E-state index in [9.17, 15) is 23.1 Å². The molecule has 234 valence electrons. The van der Waals surface area contributed by atoms with Crippen molar-refractivity contribution in [2.24, 2.45) is 5.14 Å². The standard InChI is InChI=1S/C33H40N4O6S/c1-43-26-10-12-27-24(19-26)18-25(30(38)8-5-13-35-14-16-36(17-15-35)44(34,41)42)21-37-29-20-23(33(39)40)9-11-28(29)31(32(27)37)22-6-3-2-4-7-22/h9-12,18-20,22H,2-8,13-17,21H2,1H3,(H,39,40)(H2,34,41,42). The van der Waals surface area contributed by atoms with E-state index in [1.165, 1.54) is 29.1 Å². The number of rotatable bonds is 9. The van der Waals surface area contributed by atoms with Gasteiger partial charge < -0.3 is 19.3 Å². The Morgan fingerprint density at radius 1 is 1.02 bits per heavy atom. The monoisotopic (exact) mass is 620 g/mol.